The zero-order valence-corrected chi connectivity index (χ0v) is 5.10. The predicted molar refractivity (Wildman–Crippen MR) is 1.37 cm³/mol. The summed E-state index contributed by atoms with van der Waals surface area (Å²) in [6.45, 7) is 0. The van der Waals surface area contributed by atoms with Crippen LogP contribution in [0.15, 0.2) is 0 Å². The Hall–Kier alpha value is 1.09. The zero-order valence-electron chi connectivity index (χ0n) is 1.53. The maximum Gasteiger partial charge on any atom is 4.00 e. The van der Waals surface area contributed by atoms with E-state index in [2.05, 4.69) is 0 Å². The Bertz CT molecular complexity index is 6.00. The van der Waals surface area contributed by atoms with E-state index in [1.54, 1.807) is 0 Å². The van der Waals surface area contributed by atoms with Crippen molar-refractivity contribution in [1.82, 2.24) is 0 Å². The van der Waals surface area contributed by atoms with Gasteiger partial charge in [-0.25, -0.2) is 0 Å². The first-order valence-electron chi connectivity index (χ1n) is 0. The standard InChI is InChI=1S/Ir.Mn.2O/q+4;;2*-2. The van der Waals surface area contributed by atoms with Gasteiger partial charge in [-0.3, -0.25) is 0 Å². The Kier molecular flexibility index (Phi) is 590. The number of hydrogen-bond donors (Lipinski definition) is 0. The third-order valence-electron chi connectivity index (χ3n) is 0. The molecular formula is IrMnO2. The third kappa shape index (κ3) is 11.4. The molecule has 0 unspecified atom stereocenters. The molecule has 0 saturated heterocycles. The molecule has 0 aliphatic rings. The second-order valence-electron chi connectivity index (χ2n) is 0. The van der Waals surface area contributed by atoms with E-state index >= 15 is 0 Å². The van der Waals surface area contributed by atoms with Crippen molar-refractivity contribution in [2.45, 2.75) is 0 Å². The molecule has 0 bridgehead atoms. The molecule has 2 nitrogen and oxygen atoms in total. The molecule has 0 aromatic rings. The van der Waals surface area contributed by atoms with Crippen LogP contribution < -0.4 is 0 Å². The molecule has 0 aromatic heterocycles. The Balaban J connectivity index is 0. The molecule has 0 spiro atoms. The molecule has 0 amide bonds. The fourth-order valence-electron chi connectivity index (χ4n) is 0. The minimum absolute atomic E-state index is 0. The first kappa shape index (κ1) is 71.8. The van der Waals surface area contributed by atoms with Gasteiger partial charge in [0.05, 0.1) is 0 Å². The van der Waals surface area contributed by atoms with Crippen molar-refractivity contribution in [2.24, 2.45) is 0 Å². The van der Waals surface area contributed by atoms with E-state index in [0.29, 0.717) is 0 Å². The second kappa shape index (κ2) is 32.9. The van der Waals surface area contributed by atoms with E-state index < -0.39 is 0 Å². The molecule has 4 heavy (non-hydrogen) atoms. The minimum atomic E-state index is 0. The van der Waals surface area contributed by atoms with Crippen molar-refractivity contribution in [2.75, 3.05) is 0 Å². The summed E-state index contributed by atoms with van der Waals surface area (Å²) < 4.78 is 0. The van der Waals surface area contributed by atoms with E-state index in [4.69, 9.17) is 0 Å². The van der Waals surface area contributed by atoms with Crippen molar-refractivity contribution >= 4 is 0 Å². The SMILES string of the molecule is [Ir+4].[Mn].[O-2].[O-2]. The first-order valence-corrected chi connectivity index (χ1v) is 0. The molecule has 0 saturated carbocycles. The smallest absolute Gasteiger partial charge is 2.00 e. The van der Waals surface area contributed by atoms with Crippen LogP contribution in [0.2, 0.25) is 0 Å². The van der Waals surface area contributed by atoms with Gasteiger partial charge < -0.3 is 11.0 Å². The Morgan fingerprint density at radius 2 is 0.750 bits per heavy atom. The molecule has 0 aromatic carbocycles. The van der Waals surface area contributed by atoms with Crippen LogP contribution in [0.4, 0.5) is 0 Å². The van der Waals surface area contributed by atoms with Crippen LogP contribution in [-0.2, 0) is 48.1 Å². The van der Waals surface area contributed by atoms with Gasteiger partial charge in [0.25, 0.3) is 0 Å². The molecule has 2 radical (unpaired) electrons. The summed E-state index contributed by atoms with van der Waals surface area (Å²) in [7, 11) is 0. The maximum atomic E-state index is 0. The second-order valence-corrected chi connectivity index (χ2v) is 0. The largest absolute Gasteiger partial charge is 4.00 e. The van der Waals surface area contributed by atoms with Crippen molar-refractivity contribution < 1.29 is 48.1 Å². The molecule has 0 heterocycles. The molecular weight excluding hydrogens is 279 g/mol. The van der Waals surface area contributed by atoms with E-state index in [1.165, 1.54) is 0 Å². The van der Waals surface area contributed by atoms with Crippen LogP contribution in [-0.4, -0.2) is 0 Å². The van der Waals surface area contributed by atoms with Gasteiger partial charge in [0.2, 0.25) is 0 Å². The summed E-state index contributed by atoms with van der Waals surface area (Å²) in [5.74, 6) is 0. The third-order valence-corrected chi connectivity index (χ3v) is 0. The monoisotopic (exact) mass is 280 g/mol. The first-order chi connectivity index (χ1) is 0. The quantitative estimate of drug-likeness (QED) is 0.549. The van der Waals surface area contributed by atoms with Crippen molar-refractivity contribution in [1.29, 1.82) is 0 Å². The molecule has 0 atom stereocenters. The van der Waals surface area contributed by atoms with Crippen LogP contribution in [0.3, 0.4) is 0 Å². The van der Waals surface area contributed by atoms with Crippen LogP contribution >= 0.6 is 0 Å². The maximum absolute atomic E-state index is 0. The normalized spacial score (nSPS) is 0. The van der Waals surface area contributed by atoms with Gasteiger partial charge in [0.15, 0.2) is 0 Å². The van der Waals surface area contributed by atoms with E-state index in [1.807, 2.05) is 0 Å². The van der Waals surface area contributed by atoms with Gasteiger partial charge in [0.1, 0.15) is 0 Å². The van der Waals surface area contributed by atoms with Crippen LogP contribution in [0, 0.1) is 0 Å². The minimum Gasteiger partial charge on any atom is -2.00 e. The topological polar surface area (TPSA) is 57.0 Å². The van der Waals surface area contributed by atoms with E-state index in [0.717, 1.165) is 0 Å². The van der Waals surface area contributed by atoms with Gasteiger partial charge in [-0.1, -0.05) is 0 Å². The molecule has 0 fully saturated rings. The molecule has 0 aliphatic heterocycles. The summed E-state index contributed by atoms with van der Waals surface area (Å²) in [5.41, 5.74) is 0. The van der Waals surface area contributed by atoms with Crippen LogP contribution in [0.25, 0.3) is 0 Å². The summed E-state index contributed by atoms with van der Waals surface area (Å²) in [4.78, 5) is 0. The molecule has 0 aliphatic carbocycles. The van der Waals surface area contributed by atoms with Crippen molar-refractivity contribution in [3.63, 3.8) is 0 Å². The molecule has 0 N–H and O–H groups in total. The van der Waals surface area contributed by atoms with Gasteiger partial charge in [-0.05, 0) is 0 Å². The summed E-state index contributed by atoms with van der Waals surface area (Å²) in [5, 5.41) is 0. The van der Waals surface area contributed by atoms with Gasteiger partial charge >= 0.3 is 20.1 Å². The summed E-state index contributed by atoms with van der Waals surface area (Å²) in [6, 6.07) is 0. The average Bonchev–Trinajstić information content (AvgIpc) is 0. The summed E-state index contributed by atoms with van der Waals surface area (Å²) in [6.07, 6.45) is 0. The molecule has 0 rings (SSSR count). The Labute approximate surface area is 48.4 Å². The predicted octanol–water partition coefficient (Wildman–Crippen LogP) is -0.243. The van der Waals surface area contributed by atoms with Gasteiger partial charge in [0, 0.05) is 17.1 Å². The summed E-state index contributed by atoms with van der Waals surface area (Å²) >= 11 is 0. The fraction of sp³-hybridized carbons (Fsp3) is 0. The average molecular weight is 279 g/mol. The zero-order chi connectivity index (χ0) is 0. The Morgan fingerprint density at radius 3 is 0.750 bits per heavy atom. The number of rotatable bonds is 0. The molecule has 28 valence electrons. The van der Waals surface area contributed by atoms with Crippen LogP contribution in [0.5, 0.6) is 0 Å². The van der Waals surface area contributed by atoms with Crippen molar-refractivity contribution in [3.05, 3.63) is 0 Å². The fourth-order valence-corrected chi connectivity index (χ4v) is 0. The Morgan fingerprint density at radius 1 is 0.750 bits per heavy atom. The van der Waals surface area contributed by atoms with Crippen LogP contribution in [0.1, 0.15) is 0 Å². The van der Waals surface area contributed by atoms with Gasteiger partial charge in [-0.15, -0.1) is 0 Å². The molecule has 4 heteroatoms. The van der Waals surface area contributed by atoms with Gasteiger partial charge in [-0.2, -0.15) is 0 Å². The number of hydrogen-bond acceptors (Lipinski definition) is 0. The van der Waals surface area contributed by atoms with E-state index in [-0.39, 0.29) is 48.1 Å². The van der Waals surface area contributed by atoms with E-state index in [9.17, 15) is 0 Å². The van der Waals surface area contributed by atoms with Crippen molar-refractivity contribution in [3.8, 4) is 0 Å².